The van der Waals surface area contributed by atoms with Crippen LogP contribution >= 0.6 is 12.4 Å². The smallest absolute Gasteiger partial charge is 0.274 e. The molecule has 1 aromatic heterocycles. The van der Waals surface area contributed by atoms with Crippen LogP contribution in [0.2, 0.25) is 0 Å². The van der Waals surface area contributed by atoms with Crippen LogP contribution in [0.3, 0.4) is 0 Å². The molecule has 0 atom stereocenters. The zero-order chi connectivity index (χ0) is 16.1. The van der Waals surface area contributed by atoms with E-state index in [1.54, 1.807) is 36.0 Å². The summed E-state index contributed by atoms with van der Waals surface area (Å²) in [5.74, 6) is 0.622. The van der Waals surface area contributed by atoms with E-state index in [0.29, 0.717) is 12.2 Å². The lowest BCUT2D eigenvalue weighted by Crippen LogP contribution is -2.33. The molecule has 1 N–H and O–H groups in total. The number of aryl methyl sites for hydroxylation is 1. The Hall–Kier alpha value is -2.05. The summed E-state index contributed by atoms with van der Waals surface area (Å²) in [7, 11) is 5.25. The first kappa shape index (κ1) is 19.0. The highest BCUT2D eigenvalue weighted by atomic mass is 35.5. The zero-order valence-corrected chi connectivity index (χ0v) is 14.7. The summed E-state index contributed by atoms with van der Waals surface area (Å²) < 4.78 is 7.03. The largest absolute Gasteiger partial charge is 0.494 e. The van der Waals surface area contributed by atoms with Crippen LogP contribution in [-0.2, 0) is 0 Å². The summed E-state index contributed by atoms with van der Waals surface area (Å²) >= 11 is 0. The second kappa shape index (κ2) is 8.55. The first-order valence-electron chi connectivity index (χ1n) is 7.17. The Bertz CT molecular complexity index is 657. The van der Waals surface area contributed by atoms with Gasteiger partial charge in [0.05, 0.1) is 7.11 Å². The Kier molecular flexibility index (Phi) is 7.06. The Morgan fingerprint density at radius 3 is 2.78 bits per heavy atom. The number of nitrogens with one attached hydrogen (secondary N) is 1. The van der Waals surface area contributed by atoms with Gasteiger partial charge in [-0.25, -0.2) is 4.68 Å². The second-order valence-corrected chi connectivity index (χ2v) is 5.15. The number of methoxy groups -OCH3 is 1. The quantitative estimate of drug-likeness (QED) is 0.874. The molecule has 7 heteroatoms. The van der Waals surface area contributed by atoms with Gasteiger partial charge in [-0.05, 0) is 37.7 Å². The summed E-state index contributed by atoms with van der Waals surface area (Å²) in [6.45, 7) is 3.38. The fourth-order valence-corrected chi connectivity index (χ4v) is 2.13. The van der Waals surface area contributed by atoms with Crippen molar-refractivity contribution in [1.29, 1.82) is 0 Å². The maximum atomic E-state index is 12.3. The van der Waals surface area contributed by atoms with Crippen molar-refractivity contribution in [2.24, 2.45) is 0 Å². The van der Waals surface area contributed by atoms with Gasteiger partial charge in [-0.15, -0.1) is 12.4 Å². The van der Waals surface area contributed by atoms with Crippen molar-refractivity contribution in [3.63, 3.8) is 0 Å². The molecule has 0 spiro atoms. The number of ether oxygens (including phenoxy) is 1. The van der Waals surface area contributed by atoms with Crippen molar-refractivity contribution >= 4 is 18.3 Å². The Morgan fingerprint density at radius 1 is 1.39 bits per heavy atom. The van der Waals surface area contributed by atoms with Crippen LogP contribution in [0.5, 0.6) is 5.75 Å². The van der Waals surface area contributed by atoms with Gasteiger partial charge in [-0.2, -0.15) is 5.10 Å². The molecule has 0 fully saturated rings. The summed E-state index contributed by atoms with van der Waals surface area (Å²) in [6, 6.07) is 7.57. The van der Waals surface area contributed by atoms with E-state index in [-0.39, 0.29) is 18.3 Å². The summed E-state index contributed by atoms with van der Waals surface area (Å²) in [5.41, 5.74) is 2.34. The van der Waals surface area contributed by atoms with E-state index < -0.39 is 0 Å². The summed E-state index contributed by atoms with van der Waals surface area (Å²) in [5, 5.41) is 7.41. The average Bonchev–Trinajstić information content (AvgIpc) is 3.01. The number of amides is 1. The maximum Gasteiger partial charge on any atom is 0.274 e. The zero-order valence-electron chi connectivity index (χ0n) is 13.9. The second-order valence-electron chi connectivity index (χ2n) is 5.15. The van der Waals surface area contributed by atoms with Crippen LogP contribution in [0.15, 0.2) is 30.5 Å². The molecule has 0 bridgehead atoms. The topological polar surface area (TPSA) is 59.4 Å². The minimum absolute atomic E-state index is 0. The van der Waals surface area contributed by atoms with Gasteiger partial charge in [0.1, 0.15) is 11.4 Å². The van der Waals surface area contributed by atoms with Gasteiger partial charge in [0.15, 0.2) is 5.69 Å². The highest BCUT2D eigenvalue weighted by Crippen LogP contribution is 2.23. The van der Waals surface area contributed by atoms with Crippen LogP contribution < -0.4 is 10.1 Å². The third-order valence-corrected chi connectivity index (χ3v) is 3.43. The lowest BCUT2D eigenvalue weighted by Gasteiger charge is -2.15. The number of carbonyl (C=O) groups is 1. The van der Waals surface area contributed by atoms with Crippen LogP contribution in [0.1, 0.15) is 16.1 Å². The minimum Gasteiger partial charge on any atom is -0.494 e. The fraction of sp³-hybridized carbons (Fsp3) is 0.375. The Morgan fingerprint density at radius 2 is 2.13 bits per heavy atom. The molecule has 1 aromatic carbocycles. The number of rotatable bonds is 6. The number of nitrogens with zero attached hydrogens (tertiary/aromatic N) is 3. The Labute approximate surface area is 142 Å². The SMILES string of the molecule is CNCCN(C)C(=O)c1ccn(-c2cc(C)ccc2OC)n1.Cl. The molecular weight excluding hydrogens is 316 g/mol. The first-order chi connectivity index (χ1) is 10.6. The molecular formula is C16H23ClN4O2. The van der Waals surface area contributed by atoms with Gasteiger partial charge in [0, 0.05) is 26.3 Å². The van der Waals surface area contributed by atoms with Crippen LogP contribution in [0.4, 0.5) is 0 Å². The molecule has 0 aliphatic carbocycles. The van der Waals surface area contributed by atoms with Crippen molar-refractivity contribution in [3.05, 3.63) is 41.7 Å². The Balaban J connectivity index is 0.00000264. The number of aromatic nitrogens is 2. The lowest BCUT2D eigenvalue weighted by molar-refractivity contribution is 0.0790. The molecule has 23 heavy (non-hydrogen) atoms. The molecule has 126 valence electrons. The fourth-order valence-electron chi connectivity index (χ4n) is 2.13. The highest BCUT2D eigenvalue weighted by molar-refractivity contribution is 5.92. The normalized spacial score (nSPS) is 10.1. The van der Waals surface area contributed by atoms with E-state index in [0.717, 1.165) is 23.5 Å². The molecule has 0 aliphatic rings. The molecule has 0 unspecified atom stereocenters. The molecule has 6 nitrogen and oxygen atoms in total. The van der Waals surface area contributed by atoms with E-state index >= 15 is 0 Å². The van der Waals surface area contributed by atoms with Gasteiger partial charge in [-0.1, -0.05) is 6.07 Å². The standard InChI is InChI=1S/C16H22N4O2.ClH/c1-12-5-6-15(22-4)14(11-12)20-9-7-13(18-20)16(21)19(3)10-8-17-2;/h5-7,9,11,17H,8,10H2,1-4H3;1H. The van der Waals surface area contributed by atoms with Crippen LogP contribution in [-0.4, -0.2) is 54.9 Å². The number of likely N-dealkylation sites (N-methyl/N-ethyl adjacent to an activating group) is 2. The molecule has 2 rings (SSSR count). The maximum absolute atomic E-state index is 12.3. The number of hydrogen-bond donors (Lipinski definition) is 1. The van der Waals surface area contributed by atoms with Crippen molar-refractivity contribution < 1.29 is 9.53 Å². The van der Waals surface area contributed by atoms with Gasteiger partial charge in [-0.3, -0.25) is 4.79 Å². The van der Waals surface area contributed by atoms with Crippen LogP contribution in [0.25, 0.3) is 5.69 Å². The summed E-state index contributed by atoms with van der Waals surface area (Å²) in [4.78, 5) is 14.0. The minimum atomic E-state index is -0.0966. The van der Waals surface area contributed by atoms with E-state index in [1.807, 2.05) is 32.2 Å². The molecule has 2 aromatic rings. The number of benzene rings is 1. The molecule has 0 radical (unpaired) electrons. The van der Waals surface area contributed by atoms with E-state index in [9.17, 15) is 4.79 Å². The predicted octanol–water partition coefficient (Wildman–Crippen LogP) is 1.90. The number of carbonyl (C=O) groups excluding carboxylic acids is 1. The van der Waals surface area contributed by atoms with Crippen molar-refractivity contribution in [1.82, 2.24) is 20.0 Å². The molecule has 1 amide bonds. The first-order valence-corrected chi connectivity index (χ1v) is 7.17. The number of hydrogen-bond acceptors (Lipinski definition) is 4. The third-order valence-electron chi connectivity index (χ3n) is 3.43. The van der Waals surface area contributed by atoms with Crippen LogP contribution in [0, 0.1) is 6.92 Å². The predicted molar refractivity (Wildman–Crippen MR) is 93.0 cm³/mol. The molecule has 1 heterocycles. The highest BCUT2D eigenvalue weighted by Gasteiger charge is 2.16. The average molecular weight is 339 g/mol. The van der Waals surface area contributed by atoms with Gasteiger partial charge >= 0.3 is 0 Å². The van der Waals surface area contributed by atoms with Gasteiger partial charge in [0.2, 0.25) is 0 Å². The third kappa shape index (κ3) is 4.46. The van der Waals surface area contributed by atoms with E-state index in [4.69, 9.17) is 4.74 Å². The van der Waals surface area contributed by atoms with E-state index in [1.165, 1.54) is 0 Å². The number of halogens is 1. The summed E-state index contributed by atoms with van der Waals surface area (Å²) in [6.07, 6.45) is 1.77. The molecule has 0 saturated carbocycles. The van der Waals surface area contributed by atoms with Crippen molar-refractivity contribution in [2.75, 3.05) is 34.3 Å². The van der Waals surface area contributed by atoms with Crippen molar-refractivity contribution in [3.8, 4) is 11.4 Å². The monoisotopic (exact) mass is 338 g/mol. The lowest BCUT2D eigenvalue weighted by atomic mass is 10.2. The van der Waals surface area contributed by atoms with E-state index in [2.05, 4.69) is 10.4 Å². The molecule has 0 aliphatic heterocycles. The van der Waals surface area contributed by atoms with Crippen molar-refractivity contribution in [2.45, 2.75) is 6.92 Å². The van der Waals surface area contributed by atoms with Gasteiger partial charge in [0.25, 0.3) is 5.91 Å². The van der Waals surface area contributed by atoms with Gasteiger partial charge < -0.3 is 15.0 Å². The molecule has 0 saturated heterocycles.